The van der Waals surface area contributed by atoms with Crippen molar-refractivity contribution in [2.75, 3.05) is 13.2 Å². The van der Waals surface area contributed by atoms with Crippen molar-refractivity contribution in [1.29, 1.82) is 0 Å². The fourth-order valence-corrected chi connectivity index (χ4v) is 3.30. The van der Waals surface area contributed by atoms with E-state index in [9.17, 15) is 119 Å². The minimum atomic E-state index is -8.89. The molecule has 1 atom stereocenters. The molecule has 0 aliphatic heterocycles. The fraction of sp³-hybridized carbons (Fsp3) is 0.857. The van der Waals surface area contributed by atoms with E-state index in [2.05, 4.69) is 16.1 Å². The van der Waals surface area contributed by atoms with Crippen molar-refractivity contribution in [2.24, 2.45) is 0 Å². The Morgan fingerprint density at radius 1 is 0.520 bits per heavy atom. The van der Waals surface area contributed by atoms with Crippen LogP contribution < -0.4 is 0 Å². The summed E-state index contributed by atoms with van der Waals surface area (Å²) in [6, 6.07) is 0. The molecule has 3 nitrogen and oxygen atoms in total. The number of ether oxygens (including phenoxy) is 2. The second-order valence-electron chi connectivity index (χ2n) is 9.85. The van der Waals surface area contributed by atoms with Crippen LogP contribution in [0.3, 0.4) is 0 Å². The van der Waals surface area contributed by atoms with Crippen LogP contribution in [-0.4, -0.2) is 96.9 Å². The van der Waals surface area contributed by atoms with E-state index in [0.717, 1.165) is 0 Å². The molecule has 0 fully saturated rings. The summed E-state index contributed by atoms with van der Waals surface area (Å²) in [6.07, 6.45) is -42.6. The van der Waals surface area contributed by atoms with E-state index in [1.165, 1.54) is 0 Å². The second-order valence-corrected chi connectivity index (χ2v) is 9.85. The number of alkyl halides is 26. The van der Waals surface area contributed by atoms with Crippen LogP contribution in [0.2, 0.25) is 0 Å². The summed E-state index contributed by atoms with van der Waals surface area (Å²) < 4.78 is 353. The largest absolute Gasteiger partial charge is 0.456 e. The summed E-state index contributed by atoms with van der Waals surface area (Å²) in [6.45, 7) is -1.74. The average Bonchev–Trinajstić information content (AvgIpc) is 2.86. The fourth-order valence-electron chi connectivity index (χ4n) is 3.30. The highest BCUT2D eigenvalue weighted by molar-refractivity contribution is 5.87. The molecule has 29 heteroatoms. The summed E-state index contributed by atoms with van der Waals surface area (Å²) in [5.74, 6) is -49.9. The van der Waals surface area contributed by atoms with Gasteiger partial charge in [-0.15, -0.1) is 0 Å². The van der Waals surface area contributed by atoms with Crippen molar-refractivity contribution < 1.29 is 128 Å². The van der Waals surface area contributed by atoms with Crippen molar-refractivity contribution in [2.45, 2.75) is 97.4 Å². The first-order valence-electron chi connectivity index (χ1n) is 11.8. The Balaban J connectivity index is 6.61. The minimum absolute atomic E-state index is 0.518. The maximum Gasteiger partial charge on any atom is 0.438 e. The predicted molar refractivity (Wildman–Crippen MR) is 106 cm³/mol. The van der Waals surface area contributed by atoms with Crippen LogP contribution in [0, 0.1) is 0 Å². The molecule has 0 bridgehead atoms. The molecule has 0 aromatic heterocycles. The second kappa shape index (κ2) is 13.4. The number of rotatable bonds is 15. The zero-order valence-corrected chi connectivity index (χ0v) is 23.2. The molecule has 0 amide bonds. The molecular formula is C21H14F26O3. The van der Waals surface area contributed by atoms with Gasteiger partial charge in [-0.1, -0.05) is 6.58 Å². The normalized spacial score (nSPS) is 16.4. The van der Waals surface area contributed by atoms with E-state index in [1.807, 2.05) is 0 Å². The lowest BCUT2D eigenvalue weighted by Gasteiger charge is -2.43. The molecule has 0 radical (unpaired) electrons. The molecule has 0 aromatic rings. The van der Waals surface area contributed by atoms with Gasteiger partial charge in [-0.25, -0.2) is 13.6 Å². The first-order chi connectivity index (χ1) is 21.4. The molecule has 0 saturated carbocycles. The molecule has 298 valence electrons. The maximum absolute atomic E-state index is 14.3. The van der Waals surface area contributed by atoms with Crippen molar-refractivity contribution in [3.05, 3.63) is 12.2 Å². The summed E-state index contributed by atoms with van der Waals surface area (Å²) in [7, 11) is 0. The predicted octanol–water partition coefficient (Wildman–Crippen LogP) is 9.75. The van der Waals surface area contributed by atoms with E-state index in [4.69, 9.17) is 0 Å². The molecule has 0 aliphatic carbocycles. The first kappa shape index (κ1) is 47.4. The number of halogens is 26. The molecule has 0 N–H and O–H groups in total. The molecule has 1 unspecified atom stereocenters. The van der Waals surface area contributed by atoms with E-state index in [0.29, 0.717) is 6.92 Å². The highest BCUT2D eigenvalue weighted by atomic mass is 19.4. The van der Waals surface area contributed by atoms with E-state index in [1.54, 1.807) is 0 Å². The summed E-state index contributed by atoms with van der Waals surface area (Å²) in [5.41, 5.74) is -17.8. The summed E-state index contributed by atoms with van der Waals surface area (Å²) >= 11 is 0. The number of carbonyl (C=O) groups is 1. The van der Waals surface area contributed by atoms with Crippen molar-refractivity contribution >= 4 is 5.97 Å². The highest BCUT2D eigenvalue weighted by Gasteiger charge is 2.95. The molecule has 0 saturated heterocycles. The van der Waals surface area contributed by atoms with Crippen molar-refractivity contribution in [1.82, 2.24) is 0 Å². The maximum atomic E-state index is 14.3. The van der Waals surface area contributed by atoms with Crippen LogP contribution in [0.1, 0.15) is 19.8 Å². The van der Waals surface area contributed by atoms with Gasteiger partial charge in [-0.2, -0.15) is 105 Å². The van der Waals surface area contributed by atoms with Gasteiger partial charge < -0.3 is 9.47 Å². The zero-order valence-electron chi connectivity index (χ0n) is 23.2. The molecule has 0 heterocycles. The van der Waals surface area contributed by atoms with Gasteiger partial charge in [-0.05, 0) is 6.92 Å². The van der Waals surface area contributed by atoms with Crippen molar-refractivity contribution in [3.63, 3.8) is 0 Å². The van der Waals surface area contributed by atoms with Crippen LogP contribution in [0.15, 0.2) is 12.2 Å². The lowest BCUT2D eigenvalue weighted by Crippen LogP contribution is -2.75. The lowest BCUT2D eigenvalue weighted by molar-refractivity contribution is -0.457. The zero-order chi connectivity index (χ0) is 41.0. The first-order valence-corrected chi connectivity index (χ1v) is 11.8. The van der Waals surface area contributed by atoms with E-state index in [-0.39, 0.29) is 0 Å². The Hall–Kier alpha value is -2.65. The molecule has 50 heavy (non-hydrogen) atoms. The van der Waals surface area contributed by atoms with Gasteiger partial charge in [0.1, 0.15) is 6.10 Å². The van der Waals surface area contributed by atoms with Gasteiger partial charge >= 0.3 is 77.5 Å². The quantitative estimate of drug-likeness (QED) is 0.0716. The Bertz CT molecular complexity index is 1180. The van der Waals surface area contributed by atoms with Crippen LogP contribution in [0.25, 0.3) is 0 Å². The van der Waals surface area contributed by atoms with Crippen LogP contribution in [0.4, 0.5) is 114 Å². The van der Waals surface area contributed by atoms with E-state index >= 15 is 0 Å². The molecule has 0 rings (SSSR count). The van der Waals surface area contributed by atoms with Gasteiger partial charge in [-0.3, -0.25) is 0 Å². The van der Waals surface area contributed by atoms with Gasteiger partial charge in [0.25, 0.3) is 0 Å². The number of esters is 1. The smallest absolute Gasteiger partial charge is 0.438 e. The standard InChI is InChI=1S/C21H14F26O3/c1-7(2)9(48)50-8(6-49-4-3-10(22,23)14(28,29)12(26,18(36,37)38)19(39,40)41)5-11(24,25)15(30,31)17(34,35)16(32,33)13(27,20(42,43)44)21(45,46)47/h8H,1,3-6H2,2H3. The molecule has 0 spiro atoms. The SMILES string of the molecule is C=C(C)C(=O)OC(COCCC(F)(F)C(F)(F)C(F)(C(F)(F)F)C(F)(F)F)CC(F)(F)C(F)(F)C(F)(F)C(F)(F)C(F)(C(F)(F)F)C(F)(F)F. The number of hydrogen-bond donors (Lipinski definition) is 0. The average molecular weight is 808 g/mol. The third-order valence-corrected chi connectivity index (χ3v) is 6.11. The third-order valence-electron chi connectivity index (χ3n) is 6.11. The molecular weight excluding hydrogens is 794 g/mol. The number of hydrogen-bond acceptors (Lipinski definition) is 3. The Morgan fingerprint density at radius 3 is 1.18 bits per heavy atom. The lowest BCUT2D eigenvalue weighted by atomic mass is 9.85. The topological polar surface area (TPSA) is 35.5 Å². The van der Waals surface area contributed by atoms with Crippen LogP contribution in [0.5, 0.6) is 0 Å². The Morgan fingerprint density at radius 2 is 0.860 bits per heavy atom. The summed E-state index contributed by atoms with van der Waals surface area (Å²) in [4.78, 5) is 11.6. The Labute approximate surface area is 258 Å². The summed E-state index contributed by atoms with van der Waals surface area (Å²) in [5, 5.41) is 0. The van der Waals surface area contributed by atoms with Gasteiger partial charge in [0.2, 0.25) is 0 Å². The number of carbonyl (C=O) groups excluding carboxylic acids is 1. The highest BCUT2D eigenvalue weighted by Crippen LogP contribution is 2.64. The van der Waals surface area contributed by atoms with Crippen molar-refractivity contribution in [3.8, 4) is 0 Å². The third kappa shape index (κ3) is 7.60. The Kier molecular flexibility index (Phi) is 12.7. The van der Waals surface area contributed by atoms with Gasteiger partial charge in [0.15, 0.2) is 0 Å². The molecule has 0 aliphatic rings. The van der Waals surface area contributed by atoms with Gasteiger partial charge in [0.05, 0.1) is 19.6 Å². The minimum Gasteiger partial charge on any atom is -0.456 e. The molecule has 0 aromatic carbocycles. The monoisotopic (exact) mass is 808 g/mol. The van der Waals surface area contributed by atoms with E-state index < -0.39 is 115 Å². The van der Waals surface area contributed by atoms with Crippen LogP contribution in [-0.2, 0) is 14.3 Å². The van der Waals surface area contributed by atoms with Gasteiger partial charge in [0, 0.05) is 12.0 Å². The van der Waals surface area contributed by atoms with Crippen LogP contribution >= 0.6 is 0 Å².